The molecule has 0 bridgehead atoms. The van der Waals surface area contributed by atoms with Crippen molar-refractivity contribution in [2.24, 2.45) is 0 Å². The molecule has 128 valence electrons. The molecule has 1 heterocycles. The van der Waals surface area contributed by atoms with Crippen molar-refractivity contribution < 1.29 is 19.1 Å². The molecule has 2 amide bonds. The number of ether oxygens (including phenoxy) is 1. The molecule has 0 spiro atoms. The van der Waals surface area contributed by atoms with Crippen LogP contribution in [-0.4, -0.2) is 53.5 Å². The molecular weight excluding hydrogens is 316 g/mol. The van der Waals surface area contributed by atoms with Crippen LogP contribution >= 0.6 is 11.8 Å². The number of hydrogen-bond acceptors (Lipinski definition) is 5. The Kier molecular flexibility index (Phi) is 6.95. The predicted octanol–water partition coefficient (Wildman–Crippen LogP) is 2.09. The number of thioether (sulfide) groups is 1. The van der Waals surface area contributed by atoms with E-state index in [0.29, 0.717) is 18.8 Å². The molecule has 0 aromatic heterocycles. The van der Waals surface area contributed by atoms with E-state index in [1.54, 1.807) is 6.92 Å². The highest BCUT2D eigenvalue weighted by molar-refractivity contribution is 8.13. The number of amides is 2. The third-order valence-electron chi connectivity index (χ3n) is 3.97. The smallest absolute Gasteiger partial charge is 0.326 e. The number of hydrogen-bond donors (Lipinski definition) is 1. The Morgan fingerprint density at radius 3 is 2.91 bits per heavy atom. The van der Waals surface area contributed by atoms with Crippen LogP contribution in [0.3, 0.4) is 0 Å². The Labute approximate surface area is 141 Å². The molecule has 2 aliphatic rings. The van der Waals surface area contributed by atoms with Gasteiger partial charge in [0.25, 0.3) is 11.1 Å². The van der Waals surface area contributed by atoms with Crippen molar-refractivity contribution in [1.82, 2.24) is 10.2 Å². The molecule has 6 nitrogen and oxygen atoms in total. The molecule has 0 aromatic rings. The summed E-state index contributed by atoms with van der Waals surface area (Å²) in [5.74, 6) is -0.145. The first-order valence-electron chi connectivity index (χ1n) is 8.13. The van der Waals surface area contributed by atoms with Gasteiger partial charge in [-0.05, 0) is 39.0 Å². The molecule has 1 fully saturated rings. The molecule has 1 N–H and O–H groups in total. The van der Waals surface area contributed by atoms with Gasteiger partial charge in [-0.25, -0.2) is 0 Å². The molecule has 0 radical (unpaired) electrons. The zero-order valence-corrected chi connectivity index (χ0v) is 14.3. The van der Waals surface area contributed by atoms with Crippen molar-refractivity contribution in [2.75, 3.05) is 25.4 Å². The van der Waals surface area contributed by atoms with Gasteiger partial charge in [0.2, 0.25) is 0 Å². The van der Waals surface area contributed by atoms with E-state index in [4.69, 9.17) is 4.74 Å². The topological polar surface area (TPSA) is 75.7 Å². The summed E-state index contributed by atoms with van der Waals surface area (Å²) in [4.78, 5) is 36.6. The molecule has 0 unspecified atom stereocenters. The molecule has 1 aliphatic heterocycles. The van der Waals surface area contributed by atoms with Crippen molar-refractivity contribution in [2.45, 2.75) is 45.1 Å². The Morgan fingerprint density at radius 2 is 2.26 bits per heavy atom. The minimum Gasteiger partial charge on any atom is -0.451 e. The molecule has 2 rings (SSSR count). The molecule has 1 saturated heterocycles. The van der Waals surface area contributed by atoms with Crippen LogP contribution < -0.4 is 5.32 Å². The van der Waals surface area contributed by atoms with Crippen molar-refractivity contribution in [3.05, 3.63) is 11.6 Å². The average molecular weight is 340 g/mol. The number of rotatable bonds is 7. The largest absolute Gasteiger partial charge is 0.451 e. The Morgan fingerprint density at radius 1 is 1.43 bits per heavy atom. The lowest BCUT2D eigenvalue weighted by Gasteiger charge is -2.17. The third-order valence-corrected chi connectivity index (χ3v) is 4.86. The molecule has 7 heteroatoms. The maximum Gasteiger partial charge on any atom is 0.326 e. The first kappa shape index (κ1) is 17.8. The molecule has 0 saturated carbocycles. The van der Waals surface area contributed by atoms with Crippen LogP contribution in [0.4, 0.5) is 4.79 Å². The molecule has 23 heavy (non-hydrogen) atoms. The number of allylic oxidation sites excluding steroid dienone is 1. The molecule has 1 aliphatic carbocycles. The monoisotopic (exact) mass is 340 g/mol. The highest BCUT2D eigenvalue weighted by Gasteiger charge is 2.25. The average Bonchev–Trinajstić information content (AvgIpc) is 2.93. The SMILES string of the molecule is C[C@@H](OC(=O)CN1CCSC1=O)C(=O)NCCC1=CCCCC1. The second-order valence-corrected chi connectivity index (χ2v) is 6.86. The Bertz CT molecular complexity index is 492. The summed E-state index contributed by atoms with van der Waals surface area (Å²) in [5.41, 5.74) is 1.39. The molecule has 1 atom stereocenters. The summed E-state index contributed by atoms with van der Waals surface area (Å²) in [5, 5.41) is 2.68. The number of carbonyl (C=O) groups is 3. The number of nitrogens with one attached hydrogen (secondary N) is 1. The van der Waals surface area contributed by atoms with Crippen LogP contribution in [0, 0.1) is 0 Å². The lowest BCUT2D eigenvalue weighted by Crippen LogP contribution is -2.39. The summed E-state index contributed by atoms with van der Waals surface area (Å²) in [6.07, 6.45) is 6.99. The van der Waals surface area contributed by atoms with Crippen LogP contribution in [-0.2, 0) is 14.3 Å². The minimum absolute atomic E-state index is 0.0870. The van der Waals surface area contributed by atoms with E-state index < -0.39 is 12.1 Å². The van der Waals surface area contributed by atoms with E-state index in [9.17, 15) is 14.4 Å². The van der Waals surface area contributed by atoms with Gasteiger partial charge in [0, 0.05) is 18.8 Å². The first-order valence-corrected chi connectivity index (χ1v) is 9.11. The zero-order chi connectivity index (χ0) is 16.7. The van der Waals surface area contributed by atoms with Crippen molar-refractivity contribution >= 4 is 28.9 Å². The summed E-state index contributed by atoms with van der Waals surface area (Å²) in [6, 6.07) is 0. The number of carbonyl (C=O) groups excluding carboxylic acids is 3. The highest BCUT2D eigenvalue weighted by Crippen LogP contribution is 2.19. The predicted molar refractivity (Wildman–Crippen MR) is 89.2 cm³/mol. The quantitative estimate of drug-likeness (QED) is 0.567. The number of nitrogens with zero attached hydrogens (tertiary/aromatic N) is 1. The summed E-state index contributed by atoms with van der Waals surface area (Å²) < 4.78 is 5.10. The van der Waals surface area contributed by atoms with E-state index in [1.165, 1.54) is 35.1 Å². The molecular formula is C16H24N2O4S. The zero-order valence-electron chi connectivity index (χ0n) is 13.5. The fraction of sp³-hybridized carbons (Fsp3) is 0.688. The lowest BCUT2D eigenvalue weighted by atomic mass is 9.97. The van der Waals surface area contributed by atoms with E-state index in [1.807, 2.05) is 0 Å². The maximum atomic E-state index is 11.9. The van der Waals surface area contributed by atoms with E-state index in [0.717, 1.165) is 19.3 Å². The van der Waals surface area contributed by atoms with Crippen molar-refractivity contribution in [3.8, 4) is 0 Å². The lowest BCUT2D eigenvalue weighted by molar-refractivity contribution is -0.155. The fourth-order valence-corrected chi connectivity index (χ4v) is 3.46. The van der Waals surface area contributed by atoms with Gasteiger partial charge in [0.1, 0.15) is 6.54 Å². The standard InChI is InChI=1S/C16H24N2O4S/c1-12(22-14(19)11-18-9-10-23-16(18)21)15(20)17-8-7-13-5-3-2-4-6-13/h5,12H,2-4,6-11H2,1H3,(H,17,20)/t12-/m1/s1. The van der Waals surface area contributed by atoms with Crippen molar-refractivity contribution in [3.63, 3.8) is 0 Å². The second-order valence-electron chi connectivity index (χ2n) is 5.82. The van der Waals surface area contributed by atoms with Gasteiger partial charge in [-0.1, -0.05) is 23.4 Å². The van der Waals surface area contributed by atoms with Crippen LogP contribution in [0.5, 0.6) is 0 Å². The summed E-state index contributed by atoms with van der Waals surface area (Å²) >= 11 is 1.19. The minimum atomic E-state index is -0.840. The highest BCUT2D eigenvalue weighted by atomic mass is 32.2. The van der Waals surface area contributed by atoms with Crippen LogP contribution in [0.2, 0.25) is 0 Å². The third kappa shape index (κ3) is 5.89. The van der Waals surface area contributed by atoms with Crippen LogP contribution in [0.15, 0.2) is 11.6 Å². The van der Waals surface area contributed by atoms with Gasteiger partial charge in [-0.15, -0.1) is 0 Å². The van der Waals surface area contributed by atoms with Gasteiger partial charge >= 0.3 is 5.97 Å². The van der Waals surface area contributed by atoms with Gasteiger partial charge in [0.15, 0.2) is 6.10 Å². The van der Waals surface area contributed by atoms with Crippen LogP contribution in [0.1, 0.15) is 39.0 Å². The second kappa shape index (κ2) is 8.96. The fourth-order valence-electron chi connectivity index (χ4n) is 2.63. The Balaban J connectivity index is 1.64. The van der Waals surface area contributed by atoms with Gasteiger partial charge in [-0.3, -0.25) is 14.4 Å². The van der Waals surface area contributed by atoms with Gasteiger partial charge < -0.3 is 15.0 Å². The Hall–Kier alpha value is -1.50. The van der Waals surface area contributed by atoms with Gasteiger partial charge in [0.05, 0.1) is 0 Å². The first-order chi connectivity index (χ1) is 11.1. The molecule has 0 aromatic carbocycles. The van der Waals surface area contributed by atoms with Crippen molar-refractivity contribution in [1.29, 1.82) is 0 Å². The van der Waals surface area contributed by atoms with E-state index in [2.05, 4.69) is 11.4 Å². The maximum absolute atomic E-state index is 11.9. The summed E-state index contributed by atoms with van der Waals surface area (Å²) in [6.45, 7) is 2.58. The van der Waals surface area contributed by atoms with E-state index in [-0.39, 0.29) is 17.7 Å². The van der Waals surface area contributed by atoms with Crippen LogP contribution in [0.25, 0.3) is 0 Å². The number of esters is 1. The van der Waals surface area contributed by atoms with Gasteiger partial charge in [-0.2, -0.15) is 0 Å². The van der Waals surface area contributed by atoms with E-state index >= 15 is 0 Å². The summed E-state index contributed by atoms with van der Waals surface area (Å²) in [7, 11) is 0. The normalized spacial score (nSPS) is 19.3.